The predicted molar refractivity (Wildman–Crippen MR) is 63.5 cm³/mol. The highest BCUT2D eigenvalue weighted by Gasteiger charge is 2.09. The van der Waals surface area contributed by atoms with Crippen molar-refractivity contribution in [3.63, 3.8) is 0 Å². The first-order chi connectivity index (χ1) is 6.63. The van der Waals surface area contributed by atoms with Crippen molar-refractivity contribution in [3.8, 4) is 0 Å². The Balaban J connectivity index is 3.64. The van der Waals surface area contributed by atoms with Gasteiger partial charge in [-0.05, 0) is 12.8 Å². The van der Waals surface area contributed by atoms with Crippen LogP contribution in [-0.4, -0.2) is 29.5 Å². The number of carbonyl (C=O) groups is 1. The monoisotopic (exact) mass is 218 g/mol. The van der Waals surface area contributed by atoms with Crippen molar-refractivity contribution in [2.75, 3.05) is 12.3 Å². The summed E-state index contributed by atoms with van der Waals surface area (Å²) >= 11 is 1.61. The number of amides is 1. The topological polar surface area (TPSA) is 55.1 Å². The minimum absolute atomic E-state index is 0.129. The molecule has 14 heavy (non-hydrogen) atoms. The number of hydrogen-bond acceptors (Lipinski definition) is 3. The molecule has 0 aromatic carbocycles. The highest BCUT2D eigenvalue weighted by atomic mass is 32.2. The summed E-state index contributed by atoms with van der Waals surface area (Å²) in [4.78, 5) is 11.4. The van der Waals surface area contributed by atoms with Crippen LogP contribution in [0, 0.1) is 0 Å². The molecule has 0 heterocycles. The van der Waals surface area contributed by atoms with Crippen LogP contribution in [0.25, 0.3) is 0 Å². The van der Waals surface area contributed by atoms with Gasteiger partial charge in [0.2, 0.25) is 5.91 Å². The van der Waals surface area contributed by atoms with E-state index >= 15 is 0 Å². The van der Waals surface area contributed by atoms with Gasteiger partial charge in [0.25, 0.3) is 0 Å². The molecule has 3 N–H and O–H groups in total. The molecular formula is C10H22N2OS. The van der Waals surface area contributed by atoms with Crippen LogP contribution in [0.1, 0.15) is 33.6 Å². The van der Waals surface area contributed by atoms with Crippen LogP contribution in [0.3, 0.4) is 0 Å². The summed E-state index contributed by atoms with van der Waals surface area (Å²) in [6.07, 6.45) is 2.00. The number of rotatable bonds is 7. The van der Waals surface area contributed by atoms with Gasteiger partial charge in [-0.3, -0.25) is 4.79 Å². The van der Waals surface area contributed by atoms with E-state index in [2.05, 4.69) is 19.2 Å². The molecule has 0 aliphatic heterocycles. The van der Waals surface area contributed by atoms with Gasteiger partial charge in [0.1, 0.15) is 0 Å². The molecule has 0 saturated heterocycles. The molecule has 1 atom stereocenters. The Hall–Kier alpha value is -0.220. The Morgan fingerprint density at radius 3 is 2.43 bits per heavy atom. The Labute approximate surface area is 91.2 Å². The van der Waals surface area contributed by atoms with E-state index in [-0.39, 0.29) is 5.91 Å². The zero-order valence-corrected chi connectivity index (χ0v) is 10.2. The van der Waals surface area contributed by atoms with Gasteiger partial charge in [-0.25, -0.2) is 0 Å². The Kier molecular flexibility index (Phi) is 7.99. The second-order valence-electron chi connectivity index (χ2n) is 3.44. The Morgan fingerprint density at radius 2 is 2.00 bits per heavy atom. The molecule has 0 rings (SSSR count). The van der Waals surface area contributed by atoms with E-state index < -0.39 is 0 Å². The SMILES string of the molecule is CCC(CC)NC(=O)CSC(C)CN. The summed E-state index contributed by atoms with van der Waals surface area (Å²) in [5.74, 6) is 0.651. The van der Waals surface area contributed by atoms with Crippen LogP contribution in [0.2, 0.25) is 0 Å². The third kappa shape index (κ3) is 6.27. The lowest BCUT2D eigenvalue weighted by Crippen LogP contribution is -2.35. The second kappa shape index (κ2) is 8.12. The first-order valence-corrected chi connectivity index (χ1v) is 6.29. The molecule has 0 aromatic heterocycles. The van der Waals surface area contributed by atoms with E-state index in [1.54, 1.807) is 11.8 Å². The van der Waals surface area contributed by atoms with Crippen molar-refractivity contribution in [2.24, 2.45) is 5.73 Å². The maximum atomic E-state index is 11.4. The fourth-order valence-corrected chi connectivity index (χ4v) is 1.70. The van der Waals surface area contributed by atoms with Crippen molar-refractivity contribution in [1.82, 2.24) is 5.32 Å². The maximum Gasteiger partial charge on any atom is 0.230 e. The highest BCUT2D eigenvalue weighted by molar-refractivity contribution is 8.00. The molecule has 0 aliphatic carbocycles. The summed E-state index contributed by atoms with van der Waals surface area (Å²) in [7, 11) is 0. The van der Waals surface area contributed by atoms with Crippen LogP contribution in [0.15, 0.2) is 0 Å². The molecular weight excluding hydrogens is 196 g/mol. The first-order valence-electron chi connectivity index (χ1n) is 5.25. The van der Waals surface area contributed by atoms with Gasteiger partial charge in [0.05, 0.1) is 5.75 Å². The van der Waals surface area contributed by atoms with E-state index in [4.69, 9.17) is 5.73 Å². The molecule has 84 valence electrons. The molecule has 0 radical (unpaired) electrons. The lowest BCUT2D eigenvalue weighted by atomic mass is 10.2. The van der Waals surface area contributed by atoms with Gasteiger partial charge in [-0.1, -0.05) is 20.8 Å². The zero-order chi connectivity index (χ0) is 11.0. The number of carbonyl (C=O) groups excluding carboxylic acids is 1. The predicted octanol–water partition coefficient (Wildman–Crippen LogP) is 1.37. The largest absolute Gasteiger partial charge is 0.353 e. The van der Waals surface area contributed by atoms with Crippen molar-refractivity contribution >= 4 is 17.7 Å². The number of hydrogen-bond donors (Lipinski definition) is 2. The van der Waals surface area contributed by atoms with Crippen LogP contribution in [0.4, 0.5) is 0 Å². The maximum absolute atomic E-state index is 11.4. The lowest BCUT2D eigenvalue weighted by molar-refractivity contribution is -0.119. The minimum atomic E-state index is 0.129. The van der Waals surface area contributed by atoms with Crippen molar-refractivity contribution in [2.45, 2.75) is 44.9 Å². The van der Waals surface area contributed by atoms with Gasteiger partial charge in [-0.2, -0.15) is 0 Å². The second-order valence-corrected chi connectivity index (χ2v) is 4.87. The van der Waals surface area contributed by atoms with E-state index in [9.17, 15) is 4.79 Å². The van der Waals surface area contributed by atoms with E-state index in [0.717, 1.165) is 12.8 Å². The average Bonchev–Trinajstić information content (AvgIpc) is 2.22. The van der Waals surface area contributed by atoms with Gasteiger partial charge in [-0.15, -0.1) is 11.8 Å². The van der Waals surface area contributed by atoms with E-state index in [1.165, 1.54) is 0 Å². The smallest absolute Gasteiger partial charge is 0.230 e. The average molecular weight is 218 g/mol. The molecule has 3 nitrogen and oxygen atoms in total. The Bertz CT molecular complexity index is 160. The minimum Gasteiger partial charge on any atom is -0.353 e. The van der Waals surface area contributed by atoms with Crippen molar-refractivity contribution < 1.29 is 4.79 Å². The molecule has 4 heteroatoms. The molecule has 0 aliphatic rings. The van der Waals surface area contributed by atoms with Crippen LogP contribution < -0.4 is 11.1 Å². The normalized spacial score (nSPS) is 12.9. The van der Waals surface area contributed by atoms with E-state index in [1.807, 2.05) is 6.92 Å². The van der Waals surface area contributed by atoms with Gasteiger partial charge < -0.3 is 11.1 Å². The summed E-state index contributed by atoms with van der Waals surface area (Å²) < 4.78 is 0. The lowest BCUT2D eigenvalue weighted by Gasteiger charge is -2.15. The number of nitrogens with two attached hydrogens (primary N) is 1. The van der Waals surface area contributed by atoms with Crippen LogP contribution >= 0.6 is 11.8 Å². The van der Waals surface area contributed by atoms with Gasteiger partial charge >= 0.3 is 0 Å². The van der Waals surface area contributed by atoms with Crippen molar-refractivity contribution in [1.29, 1.82) is 0 Å². The molecule has 0 saturated carbocycles. The molecule has 1 unspecified atom stereocenters. The highest BCUT2D eigenvalue weighted by Crippen LogP contribution is 2.08. The molecule has 0 aromatic rings. The number of thioether (sulfide) groups is 1. The van der Waals surface area contributed by atoms with Gasteiger partial charge in [0, 0.05) is 17.8 Å². The summed E-state index contributed by atoms with van der Waals surface area (Å²) in [6, 6.07) is 0.330. The van der Waals surface area contributed by atoms with Crippen LogP contribution in [0.5, 0.6) is 0 Å². The number of nitrogens with one attached hydrogen (secondary N) is 1. The summed E-state index contributed by atoms with van der Waals surface area (Å²) in [5.41, 5.74) is 5.46. The third-order valence-corrected chi connectivity index (χ3v) is 3.37. The zero-order valence-electron chi connectivity index (χ0n) is 9.38. The standard InChI is InChI=1S/C10H22N2OS/c1-4-9(5-2)12-10(13)7-14-8(3)6-11/h8-9H,4-7,11H2,1-3H3,(H,12,13). The van der Waals surface area contributed by atoms with Crippen LogP contribution in [-0.2, 0) is 4.79 Å². The fourth-order valence-electron chi connectivity index (χ4n) is 1.05. The Morgan fingerprint density at radius 1 is 1.43 bits per heavy atom. The summed E-state index contributed by atoms with van der Waals surface area (Å²) in [6.45, 7) is 6.84. The summed E-state index contributed by atoms with van der Waals surface area (Å²) in [5, 5.41) is 3.36. The van der Waals surface area contributed by atoms with Gasteiger partial charge in [0.15, 0.2) is 0 Å². The quantitative estimate of drug-likeness (QED) is 0.678. The third-order valence-electron chi connectivity index (χ3n) is 2.18. The first kappa shape index (κ1) is 13.8. The molecule has 0 fully saturated rings. The molecule has 0 spiro atoms. The van der Waals surface area contributed by atoms with E-state index in [0.29, 0.717) is 23.6 Å². The molecule has 1 amide bonds. The van der Waals surface area contributed by atoms with Crippen molar-refractivity contribution in [3.05, 3.63) is 0 Å². The fraction of sp³-hybridized carbons (Fsp3) is 0.900. The molecule has 0 bridgehead atoms.